The van der Waals surface area contributed by atoms with E-state index in [0.717, 1.165) is 38.1 Å². The highest BCUT2D eigenvalue weighted by Gasteiger charge is 2.34. The summed E-state index contributed by atoms with van der Waals surface area (Å²) < 4.78 is 2.07. The summed E-state index contributed by atoms with van der Waals surface area (Å²) in [4.78, 5) is 30.4. The zero-order valence-electron chi connectivity index (χ0n) is 13.6. The van der Waals surface area contributed by atoms with Crippen molar-refractivity contribution in [2.45, 2.75) is 45.2 Å². The molecule has 2 aliphatic heterocycles. The Morgan fingerprint density at radius 1 is 1.43 bits per heavy atom. The Bertz CT molecular complexity index is 571. The van der Waals surface area contributed by atoms with Gasteiger partial charge < -0.3 is 20.1 Å². The molecular formula is C16H25N5O2. The van der Waals surface area contributed by atoms with Gasteiger partial charge in [-0.05, 0) is 26.2 Å². The summed E-state index contributed by atoms with van der Waals surface area (Å²) in [5.74, 6) is 1.04. The van der Waals surface area contributed by atoms with Crippen LogP contribution < -0.4 is 10.6 Å². The lowest BCUT2D eigenvalue weighted by Gasteiger charge is -2.27. The van der Waals surface area contributed by atoms with Crippen LogP contribution in [0.1, 0.15) is 31.5 Å². The zero-order valence-corrected chi connectivity index (χ0v) is 13.6. The van der Waals surface area contributed by atoms with E-state index in [-0.39, 0.29) is 23.9 Å². The average Bonchev–Trinajstić information content (AvgIpc) is 2.73. The molecule has 23 heavy (non-hydrogen) atoms. The first-order valence-corrected chi connectivity index (χ1v) is 8.44. The minimum atomic E-state index is -0.0549. The Morgan fingerprint density at radius 3 is 3.09 bits per heavy atom. The Morgan fingerprint density at radius 2 is 2.30 bits per heavy atom. The lowest BCUT2D eigenvalue weighted by molar-refractivity contribution is -0.124. The first kappa shape index (κ1) is 15.8. The maximum Gasteiger partial charge on any atom is 0.317 e. The number of aryl methyl sites for hydroxylation is 2. The Balaban J connectivity index is 1.46. The van der Waals surface area contributed by atoms with Crippen LogP contribution in [0.25, 0.3) is 0 Å². The summed E-state index contributed by atoms with van der Waals surface area (Å²) in [6, 6.07) is 0.0510. The molecule has 0 aliphatic carbocycles. The maximum atomic E-state index is 12.4. The largest absolute Gasteiger partial charge is 0.351 e. The second kappa shape index (κ2) is 7.02. The van der Waals surface area contributed by atoms with Crippen molar-refractivity contribution in [1.29, 1.82) is 0 Å². The van der Waals surface area contributed by atoms with E-state index >= 15 is 0 Å². The summed E-state index contributed by atoms with van der Waals surface area (Å²) in [7, 11) is 0. The molecule has 2 saturated heterocycles. The molecule has 7 nitrogen and oxygen atoms in total. The third-order valence-electron chi connectivity index (χ3n) is 4.77. The quantitative estimate of drug-likeness (QED) is 0.809. The van der Waals surface area contributed by atoms with Crippen LogP contribution in [0.5, 0.6) is 0 Å². The highest BCUT2D eigenvalue weighted by atomic mass is 16.2. The molecule has 2 N–H and O–H groups in total. The number of likely N-dealkylation sites (tertiary alicyclic amines) is 1. The van der Waals surface area contributed by atoms with Crippen molar-refractivity contribution in [1.82, 2.24) is 25.1 Å². The van der Waals surface area contributed by atoms with Crippen LogP contribution in [0, 0.1) is 12.8 Å². The Kier molecular flexibility index (Phi) is 4.83. The number of fused-ring (bicyclic) bond motifs is 3. The van der Waals surface area contributed by atoms with Gasteiger partial charge in [0.25, 0.3) is 0 Å². The third-order valence-corrected chi connectivity index (χ3v) is 4.77. The third kappa shape index (κ3) is 3.83. The first-order chi connectivity index (χ1) is 11.1. The summed E-state index contributed by atoms with van der Waals surface area (Å²) in [6.07, 6.45) is 7.50. The molecule has 0 aromatic carbocycles. The van der Waals surface area contributed by atoms with Crippen LogP contribution >= 0.6 is 0 Å². The molecule has 2 aliphatic rings. The molecule has 1 aromatic rings. The Hall–Kier alpha value is -2.05. The number of nitrogens with one attached hydrogen (secondary N) is 2. The maximum absolute atomic E-state index is 12.4. The molecule has 3 heterocycles. The van der Waals surface area contributed by atoms with Crippen LogP contribution in [0.15, 0.2) is 12.4 Å². The number of rotatable bonds is 4. The number of amides is 3. The zero-order chi connectivity index (χ0) is 16.2. The fourth-order valence-electron chi connectivity index (χ4n) is 3.41. The summed E-state index contributed by atoms with van der Waals surface area (Å²) >= 11 is 0. The van der Waals surface area contributed by atoms with Gasteiger partial charge in [-0.1, -0.05) is 6.42 Å². The Labute approximate surface area is 136 Å². The summed E-state index contributed by atoms with van der Waals surface area (Å²) in [6.45, 7) is 4.60. The number of aromatic nitrogens is 2. The van der Waals surface area contributed by atoms with Gasteiger partial charge in [-0.2, -0.15) is 0 Å². The van der Waals surface area contributed by atoms with Crippen LogP contribution in [0.4, 0.5) is 4.79 Å². The number of hydrogen-bond acceptors (Lipinski definition) is 3. The molecule has 7 heteroatoms. The van der Waals surface area contributed by atoms with Gasteiger partial charge >= 0.3 is 6.03 Å². The molecule has 3 amide bonds. The van der Waals surface area contributed by atoms with E-state index in [1.165, 1.54) is 0 Å². The molecule has 0 spiro atoms. The number of carbonyl (C=O) groups is 2. The first-order valence-electron chi connectivity index (χ1n) is 8.44. The minimum Gasteiger partial charge on any atom is -0.351 e. The molecule has 2 atom stereocenters. The summed E-state index contributed by atoms with van der Waals surface area (Å²) in [5, 5.41) is 6.03. The van der Waals surface area contributed by atoms with Crippen LogP contribution in [-0.4, -0.2) is 52.1 Å². The lowest BCUT2D eigenvalue weighted by atomic mass is 9.99. The molecule has 126 valence electrons. The van der Waals surface area contributed by atoms with E-state index in [2.05, 4.69) is 20.2 Å². The molecule has 2 bridgehead atoms. The smallest absolute Gasteiger partial charge is 0.317 e. The van der Waals surface area contributed by atoms with E-state index in [1.54, 1.807) is 11.1 Å². The molecule has 2 fully saturated rings. The van der Waals surface area contributed by atoms with Crippen molar-refractivity contribution in [2.75, 3.05) is 19.6 Å². The normalized spacial score (nSPS) is 24.0. The van der Waals surface area contributed by atoms with E-state index in [9.17, 15) is 9.59 Å². The highest BCUT2D eigenvalue weighted by molar-refractivity contribution is 5.82. The predicted octanol–water partition coefficient (Wildman–Crippen LogP) is 0.892. The van der Waals surface area contributed by atoms with Crippen molar-refractivity contribution in [3.63, 3.8) is 0 Å². The van der Waals surface area contributed by atoms with Gasteiger partial charge in [-0.25, -0.2) is 9.78 Å². The highest BCUT2D eigenvalue weighted by Crippen LogP contribution is 2.21. The van der Waals surface area contributed by atoms with Crippen LogP contribution in [0.3, 0.4) is 0 Å². The number of imidazole rings is 1. The molecule has 0 unspecified atom stereocenters. The SMILES string of the molecule is Cc1nccn1CCCNC(=O)N1C[C@@H]2CCC[C@H](C1)C(=O)N2. The number of nitrogens with zero attached hydrogens (tertiary/aromatic N) is 3. The topological polar surface area (TPSA) is 79.3 Å². The van der Waals surface area contributed by atoms with Crippen molar-refractivity contribution >= 4 is 11.9 Å². The van der Waals surface area contributed by atoms with E-state index in [4.69, 9.17) is 0 Å². The van der Waals surface area contributed by atoms with Gasteiger partial charge in [0.1, 0.15) is 5.82 Å². The lowest BCUT2D eigenvalue weighted by Crippen LogP contribution is -2.46. The van der Waals surface area contributed by atoms with Crippen LogP contribution in [-0.2, 0) is 11.3 Å². The van der Waals surface area contributed by atoms with Crippen molar-refractivity contribution in [3.05, 3.63) is 18.2 Å². The molecule has 1 aromatic heterocycles. The fraction of sp³-hybridized carbons (Fsp3) is 0.688. The second-order valence-electron chi connectivity index (χ2n) is 6.49. The minimum absolute atomic E-state index is 0.0538. The number of hydrogen-bond donors (Lipinski definition) is 2. The number of carbonyl (C=O) groups excluding carboxylic acids is 2. The van der Waals surface area contributed by atoms with Gasteiger partial charge in [-0.15, -0.1) is 0 Å². The van der Waals surface area contributed by atoms with Gasteiger partial charge in [0, 0.05) is 44.6 Å². The predicted molar refractivity (Wildman–Crippen MR) is 85.8 cm³/mol. The molecule has 3 rings (SSSR count). The standard InChI is InChI=1S/C16H25N5O2/c1-12-17-7-9-20(12)8-3-6-18-16(23)21-10-13-4-2-5-14(11-21)19-15(13)22/h7,9,13-14H,2-6,8,10-11H2,1H3,(H,18,23)(H,19,22)/t13-,14+/m1/s1. The van der Waals surface area contributed by atoms with Crippen molar-refractivity contribution in [3.8, 4) is 0 Å². The molecule has 0 saturated carbocycles. The van der Waals surface area contributed by atoms with E-state index < -0.39 is 0 Å². The van der Waals surface area contributed by atoms with E-state index in [0.29, 0.717) is 19.6 Å². The summed E-state index contributed by atoms with van der Waals surface area (Å²) in [5.41, 5.74) is 0. The van der Waals surface area contributed by atoms with Gasteiger partial charge in [0.15, 0.2) is 0 Å². The van der Waals surface area contributed by atoms with Gasteiger partial charge in [0.2, 0.25) is 5.91 Å². The van der Waals surface area contributed by atoms with Crippen molar-refractivity contribution in [2.24, 2.45) is 5.92 Å². The fourth-order valence-corrected chi connectivity index (χ4v) is 3.41. The molecule has 0 radical (unpaired) electrons. The second-order valence-corrected chi connectivity index (χ2v) is 6.49. The van der Waals surface area contributed by atoms with Gasteiger partial charge in [-0.3, -0.25) is 4.79 Å². The molecular weight excluding hydrogens is 294 g/mol. The van der Waals surface area contributed by atoms with E-state index in [1.807, 2.05) is 13.1 Å². The average molecular weight is 319 g/mol. The van der Waals surface area contributed by atoms with Gasteiger partial charge in [0.05, 0.1) is 5.92 Å². The van der Waals surface area contributed by atoms with Crippen molar-refractivity contribution < 1.29 is 9.59 Å². The van der Waals surface area contributed by atoms with Crippen LogP contribution in [0.2, 0.25) is 0 Å². The number of urea groups is 1. The monoisotopic (exact) mass is 319 g/mol.